The lowest BCUT2D eigenvalue weighted by molar-refractivity contribution is -0.305. The predicted octanol–water partition coefficient (Wildman–Crippen LogP) is 2.85. The van der Waals surface area contributed by atoms with Crippen molar-refractivity contribution < 1.29 is 14.7 Å². The summed E-state index contributed by atoms with van der Waals surface area (Å²) in [6, 6.07) is 7.26. The number of carbonyl (C=O) groups is 2. The second-order valence-corrected chi connectivity index (χ2v) is 7.18. The number of rotatable bonds is 7. The van der Waals surface area contributed by atoms with Crippen molar-refractivity contribution in [2.24, 2.45) is 0 Å². The number of hydrogen-bond acceptors (Lipinski definition) is 5. The fraction of sp³-hybridized carbons (Fsp3) is 0.312. The van der Waals surface area contributed by atoms with Crippen LogP contribution in [0.3, 0.4) is 0 Å². The molecule has 1 aliphatic rings. The Balaban J connectivity index is 1.93. The van der Waals surface area contributed by atoms with Gasteiger partial charge in [0, 0.05) is 17.5 Å². The van der Waals surface area contributed by atoms with E-state index in [1.165, 1.54) is 11.8 Å². The Bertz CT molecular complexity index is 660. The number of halogens is 1. The number of carbonyl (C=O) groups excluding carboxylic acids is 2. The van der Waals surface area contributed by atoms with Crippen molar-refractivity contribution in [1.82, 2.24) is 4.90 Å². The molecule has 1 aliphatic heterocycles. The molecule has 0 N–H and O–H groups in total. The van der Waals surface area contributed by atoms with Crippen molar-refractivity contribution in [3.63, 3.8) is 0 Å². The molecule has 1 amide bonds. The molecule has 0 saturated carbocycles. The molecule has 0 unspecified atom stereocenters. The topological polar surface area (TPSA) is 60.4 Å². The maximum absolute atomic E-state index is 12.4. The van der Waals surface area contributed by atoms with Gasteiger partial charge in [-0.3, -0.25) is 9.69 Å². The smallest absolute Gasteiger partial charge is 0.266 e. The maximum Gasteiger partial charge on any atom is 0.266 e. The van der Waals surface area contributed by atoms with Crippen LogP contribution in [-0.2, 0) is 9.59 Å². The number of thioether (sulfide) groups is 1. The summed E-state index contributed by atoms with van der Waals surface area (Å²) < 4.78 is 0.531. The quantitative estimate of drug-likeness (QED) is 0.420. The van der Waals surface area contributed by atoms with Gasteiger partial charge < -0.3 is 9.90 Å². The van der Waals surface area contributed by atoms with Gasteiger partial charge in [-0.25, -0.2) is 0 Å². The molecule has 1 aromatic carbocycles. The molecule has 1 aromatic rings. The first kappa shape index (κ1) is 18.0. The van der Waals surface area contributed by atoms with Gasteiger partial charge in [-0.2, -0.15) is 0 Å². The molecule has 0 aromatic heterocycles. The highest BCUT2D eigenvalue weighted by Crippen LogP contribution is 2.33. The summed E-state index contributed by atoms with van der Waals surface area (Å²) in [7, 11) is 0. The minimum absolute atomic E-state index is 0.0487. The molecule has 1 heterocycles. The Morgan fingerprint density at radius 2 is 2.13 bits per heavy atom. The molecule has 4 nitrogen and oxygen atoms in total. The molecule has 7 heteroatoms. The first-order valence-electron chi connectivity index (χ1n) is 7.18. The highest BCUT2D eigenvalue weighted by Gasteiger charge is 2.31. The monoisotopic (exact) mass is 368 g/mol. The summed E-state index contributed by atoms with van der Waals surface area (Å²) >= 11 is 12.5. The summed E-state index contributed by atoms with van der Waals surface area (Å²) in [5.41, 5.74) is 0.854. The fourth-order valence-electron chi connectivity index (χ4n) is 2.16. The van der Waals surface area contributed by atoms with E-state index >= 15 is 0 Å². The molecule has 0 spiro atoms. The molecule has 2 rings (SSSR count). The molecule has 0 bridgehead atoms. The third-order valence-electron chi connectivity index (χ3n) is 3.28. The van der Waals surface area contributed by atoms with Gasteiger partial charge >= 0.3 is 0 Å². The van der Waals surface area contributed by atoms with E-state index in [-0.39, 0.29) is 12.3 Å². The minimum atomic E-state index is -1.04. The minimum Gasteiger partial charge on any atom is -0.550 e. The number of carboxylic acid groups (broad SMARTS) is 1. The Morgan fingerprint density at radius 3 is 2.83 bits per heavy atom. The first-order valence-corrected chi connectivity index (χ1v) is 8.78. The zero-order valence-corrected chi connectivity index (χ0v) is 14.7. The lowest BCUT2D eigenvalue weighted by atomic mass is 10.2. The summed E-state index contributed by atoms with van der Waals surface area (Å²) in [4.78, 5) is 24.9. The lowest BCUT2D eigenvalue weighted by Crippen LogP contribution is -2.29. The van der Waals surface area contributed by atoms with Crippen LogP contribution in [0.4, 0.5) is 0 Å². The van der Waals surface area contributed by atoms with Crippen LogP contribution < -0.4 is 5.11 Å². The zero-order chi connectivity index (χ0) is 16.8. The number of thiocarbonyl (C=S) groups is 1. The maximum atomic E-state index is 12.4. The number of hydrogen-bond donors (Lipinski definition) is 0. The molecular weight excluding hydrogens is 354 g/mol. The van der Waals surface area contributed by atoms with Gasteiger partial charge in [0.1, 0.15) is 4.32 Å². The Kier molecular flexibility index (Phi) is 6.62. The van der Waals surface area contributed by atoms with E-state index in [1.807, 2.05) is 12.1 Å². The Labute approximate surface area is 149 Å². The number of amides is 1. The second-order valence-electron chi connectivity index (χ2n) is 5.07. The van der Waals surface area contributed by atoms with Gasteiger partial charge in [-0.05, 0) is 43.0 Å². The Hall–Kier alpha value is -1.37. The number of carboxylic acids is 1. The normalized spacial score (nSPS) is 16.4. The van der Waals surface area contributed by atoms with Crippen molar-refractivity contribution in [2.45, 2.75) is 25.7 Å². The largest absolute Gasteiger partial charge is 0.550 e. The average molecular weight is 369 g/mol. The number of benzene rings is 1. The third kappa shape index (κ3) is 5.34. The first-order chi connectivity index (χ1) is 11.0. The summed E-state index contributed by atoms with van der Waals surface area (Å²) in [5.74, 6) is -1.15. The second kappa shape index (κ2) is 8.47. The standard InChI is InChI=1S/C16H16ClNO3S2/c17-12-6-4-5-11(9-12)10-13-15(21)18(16(22)23-13)8-3-1-2-7-14(19)20/h4-6,9-10H,1-3,7-8H2,(H,19,20)/p-1. The van der Waals surface area contributed by atoms with Crippen molar-refractivity contribution in [1.29, 1.82) is 0 Å². The van der Waals surface area contributed by atoms with Crippen LogP contribution in [0.25, 0.3) is 6.08 Å². The zero-order valence-electron chi connectivity index (χ0n) is 12.3. The van der Waals surface area contributed by atoms with Gasteiger partial charge in [-0.1, -0.05) is 54.1 Å². The number of nitrogens with zero attached hydrogens (tertiary/aromatic N) is 1. The van der Waals surface area contributed by atoms with E-state index in [4.69, 9.17) is 23.8 Å². The summed E-state index contributed by atoms with van der Waals surface area (Å²) in [6.45, 7) is 0.505. The summed E-state index contributed by atoms with van der Waals surface area (Å²) in [6.07, 6.45) is 3.81. The van der Waals surface area contributed by atoms with Crippen molar-refractivity contribution in [3.05, 3.63) is 39.8 Å². The molecule has 0 atom stereocenters. The van der Waals surface area contributed by atoms with E-state index in [0.717, 1.165) is 12.0 Å². The van der Waals surface area contributed by atoms with E-state index < -0.39 is 5.97 Å². The number of aliphatic carboxylic acids is 1. The van der Waals surface area contributed by atoms with Crippen LogP contribution in [-0.4, -0.2) is 27.6 Å². The summed E-state index contributed by atoms with van der Waals surface area (Å²) in [5, 5.41) is 11.0. The van der Waals surface area contributed by atoms with Crippen LogP contribution in [0, 0.1) is 0 Å². The molecule has 122 valence electrons. The fourth-order valence-corrected chi connectivity index (χ4v) is 3.66. The van der Waals surface area contributed by atoms with Gasteiger partial charge in [-0.15, -0.1) is 0 Å². The van der Waals surface area contributed by atoms with Crippen molar-refractivity contribution in [2.75, 3.05) is 6.54 Å². The highest BCUT2D eigenvalue weighted by molar-refractivity contribution is 8.26. The van der Waals surface area contributed by atoms with E-state index in [1.54, 1.807) is 23.1 Å². The van der Waals surface area contributed by atoms with Gasteiger partial charge in [0.15, 0.2) is 0 Å². The van der Waals surface area contributed by atoms with Gasteiger partial charge in [0.05, 0.1) is 4.91 Å². The molecule has 0 radical (unpaired) electrons. The van der Waals surface area contributed by atoms with E-state index in [0.29, 0.717) is 33.6 Å². The van der Waals surface area contributed by atoms with Crippen LogP contribution in [0.2, 0.25) is 5.02 Å². The van der Waals surface area contributed by atoms with Gasteiger partial charge in [0.2, 0.25) is 0 Å². The van der Waals surface area contributed by atoms with Crippen LogP contribution >= 0.6 is 35.6 Å². The molecule has 1 saturated heterocycles. The van der Waals surface area contributed by atoms with Crippen molar-refractivity contribution >= 4 is 57.9 Å². The van der Waals surface area contributed by atoms with Crippen LogP contribution in [0.1, 0.15) is 31.2 Å². The highest BCUT2D eigenvalue weighted by atomic mass is 35.5. The van der Waals surface area contributed by atoms with E-state index in [9.17, 15) is 14.7 Å². The number of unbranched alkanes of at least 4 members (excludes halogenated alkanes) is 2. The molecule has 0 aliphatic carbocycles. The van der Waals surface area contributed by atoms with Crippen molar-refractivity contribution in [3.8, 4) is 0 Å². The van der Waals surface area contributed by atoms with Crippen LogP contribution in [0.15, 0.2) is 29.2 Å². The lowest BCUT2D eigenvalue weighted by Gasteiger charge is -2.14. The van der Waals surface area contributed by atoms with Crippen LogP contribution in [0.5, 0.6) is 0 Å². The molecule has 23 heavy (non-hydrogen) atoms. The molecular formula is C16H15ClNO3S2-. The van der Waals surface area contributed by atoms with E-state index in [2.05, 4.69) is 0 Å². The predicted molar refractivity (Wildman–Crippen MR) is 94.8 cm³/mol. The Morgan fingerprint density at radius 1 is 1.35 bits per heavy atom. The van der Waals surface area contributed by atoms with Gasteiger partial charge in [0.25, 0.3) is 5.91 Å². The average Bonchev–Trinajstić information content (AvgIpc) is 2.74. The molecule has 1 fully saturated rings. The SMILES string of the molecule is O=C([O-])CCCCCN1C(=O)C(=Cc2cccc(Cl)c2)SC1=S. The third-order valence-corrected chi connectivity index (χ3v) is 4.90.